The highest BCUT2D eigenvalue weighted by atomic mass is 79.9. The van der Waals surface area contributed by atoms with Crippen molar-refractivity contribution in [1.29, 1.82) is 0 Å². The number of hydrogen-bond donors (Lipinski definition) is 2. The van der Waals surface area contributed by atoms with E-state index in [0.717, 1.165) is 23.9 Å². The number of nitrogens with one attached hydrogen (secondary N) is 1. The summed E-state index contributed by atoms with van der Waals surface area (Å²) < 4.78 is 1.13. The van der Waals surface area contributed by atoms with E-state index in [1.807, 2.05) is 0 Å². The number of hydrogen-bond acceptors (Lipinski definition) is 2. The van der Waals surface area contributed by atoms with Crippen LogP contribution in [0.5, 0.6) is 0 Å². The van der Waals surface area contributed by atoms with Gasteiger partial charge in [-0.3, -0.25) is 0 Å². The van der Waals surface area contributed by atoms with Crippen LogP contribution in [-0.4, -0.2) is 17.8 Å². The van der Waals surface area contributed by atoms with E-state index < -0.39 is 0 Å². The van der Waals surface area contributed by atoms with E-state index in [1.54, 1.807) is 0 Å². The highest BCUT2D eigenvalue weighted by Crippen LogP contribution is 2.20. The first-order valence-electron chi connectivity index (χ1n) is 4.91. The van der Waals surface area contributed by atoms with E-state index in [4.69, 9.17) is 5.11 Å². The van der Waals surface area contributed by atoms with Crippen molar-refractivity contribution >= 4 is 15.9 Å². The van der Waals surface area contributed by atoms with Crippen LogP contribution in [0, 0.1) is 0 Å². The van der Waals surface area contributed by atoms with Gasteiger partial charge in [-0.15, -0.1) is 0 Å². The van der Waals surface area contributed by atoms with Crippen LogP contribution in [0.3, 0.4) is 0 Å². The van der Waals surface area contributed by atoms with Crippen LogP contribution >= 0.6 is 15.9 Å². The standard InChI is InChI=1S/C11H14BrNO/c12-10-3-1-8-2-4-11(7-14)13-6-9(8)5-10/h1,3,5,11,13-14H,2,4,6-7H2. The zero-order valence-electron chi connectivity index (χ0n) is 7.96. The zero-order chi connectivity index (χ0) is 9.97. The molecule has 0 bridgehead atoms. The second-order valence-corrected chi connectivity index (χ2v) is 4.63. The first-order valence-corrected chi connectivity index (χ1v) is 5.70. The van der Waals surface area contributed by atoms with Gasteiger partial charge < -0.3 is 10.4 Å². The molecule has 3 heteroatoms. The molecule has 14 heavy (non-hydrogen) atoms. The molecule has 1 aromatic carbocycles. The highest BCUT2D eigenvalue weighted by molar-refractivity contribution is 9.10. The Morgan fingerprint density at radius 3 is 3.07 bits per heavy atom. The fourth-order valence-corrected chi connectivity index (χ4v) is 2.25. The first-order chi connectivity index (χ1) is 6.79. The number of aryl methyl sites for hydroxylation is 1. The van der Waals surface area contributed by atoms with E-state index in [9.17, 15) is 0 Å². The molecule has 0 fully saturated rings. The molecule has 0 spiro atoms. The third-order valence-electron chi connectivity index (χ3n) is 2.73. The maximum Gasteiger partial charge on any atom is 0.0584 e. The summed E-state index contributed by atoms with van der Waals surface area (Å²) in [5.41, 5.74) is 2.74. The minimum Gasteiger partial charge on any atom is -0.395 e. The number of halogens is 1. The van der Waals surface area contributed by atoms with Gasteiger partial charge >= 0.3 is 0 Å². The van der Waals surface area contributed by atoms with E-state index in [1.165, 1.54) is 11.1 Å². The minimum atomic E-state index is 0.231. The predicted molar refractivity (Wildman–Crippen MR) is 60.2 cm³/mol. The Morgan fingerprint density at radius 2 is 2.29 bits per heavy atom. The van der Waals surface area contributed by atoms with Crippen molar-refractivity contribution in [3.63, 3.8) is 0 Å². The molecule has 0 radical (unpaired) electrons. The lowest BCUT2D eigenvalue weighted by Crippen LogP contribution is -2.30. The number of aliphatic hydroxyl groups excluding tert-OH is 1. The van der Waals surface area contributed by atoms with E-state index in [-0.39, 0.29) is 12.6 Å². The molecule has 1 unspecified atom stereocenters. The Morgan fingerprint density at radius 1 is 1.43 bits per heavy atom. The quantitative estimate of drug-likeness (QED) is 0.803. The third kappa shape index (κ3) is 2.16. The van der Waals surface area contributed by atoms with Crippen molar-refractivity contribution in [2.45, 2.75) is 25.4 Å². The van der Waals surface area contributed by atoms with Crippen LogP contribution in [0.1, 0.15) is 17.5 Å². The maximum atomic E-state index is 9.08. The molecule has 1 atom stereocenters. The summed E-state index contributed by atoms with van der Waals surface area (Å²) in [7, 11) is 0. The molecule has 1 aliphatic heterocycles. The summed E-state index contributed by atoms with van der Waals surface area (Å²) >= 11 is 3.47. The van der Waals surface area contributed by atoms with Crippen molar-refractivity contribution in [2.75, 3.05) is 6.61 Å². The van der Waals surface area contributed by atoms with Crippen LogP contribution in [0.15, 0.2) is 22.7 Å². The van der Waals surface area contributed by atoms with Crippen LogP contribution < -0.4 is 5.32 Å². The second-order valence-electron chi connectivity index (χ2n) is 3.71. The van der Waals surface area contributed by atoms with Gasteiger partial charge in [-0.1, -0.05) is 22.0 Å². The van der Waals surface area contributed by atoms with Crippen molar-refractivity contribution in [1.82, 2.24) is 5.32 Å². The van der Waals surface area contributed by atoms with Crippen molar-refractivity contribution in [3.8, 4) is 0 Å². The zero-order valence-corrected chi connectivity index (χ0v) is 9.55. The molecule has 0 saturated carbocycles. The molecule has 0 saturated heterocycles. The van der Waals surface area contributed by atoms with Gasteiger partial charge in [0.25, 0.3) is 0 Å². The lowest BCUT2D eigenvalue weighted by atomic mass is 10.0. The smallest absolute Gasteiger partial charge is 0.0584 e. The molecule has 2 N–H and O–H groups in total. The molecule has 1 heterocycles. The summed E-state index contributed by atoms with van der Waals surface area (Å²) in [4.78, 5) is 0. The SMILES string of the molecule is OCC1CCc2ccc(Br)cc2CN1. The monoisotopic (exact) mass is 255 g/mol. The van der Waals surface area contributed by atoms with Gasteiger partial charge in [0.15, 0.2) is 0 Å². The lowest BCUT2D eigenvalue weighted by molar-refractivity contribution is 0.237. The van der Waals surface area contributed by atoms with Crippen LogP contribution in [0.4, 0.5) is 0 Å². The van der Waals surface area contributed by atoms with E-state index in [0.29, 0.717) is 0 Å². The van der Waals surface area contributed by atoms with Gasteiger partial charge in [-0.25, -0.2) is 0 Å². The summed E-state index contributed by atoms with van der Waals surface area (Å²) in [5, 5.41) is 12.4. The van der Waals surface area contributed by atoms with Crippen molar-refractivity contribution in [3.05, 3.63) is 33.8 Å². The Balaban J connectivity index is 2.21. The summed E-state index contributed by atoms with van der Waals surface area (Å²) in [5.74, 6) is 0. The molecular weight excluding hydrogens is 242 g/mol. The highest BCUT2D eigenvalue weighted by Gasteiger charge is 2.14. The second kappa shape index (κ2) is 4.43. The average molecular weight is 256 g/mol. The molecule has 0 aliphatic carbocycles. The molecule has 1 aliphatic rings. The normalized spacial score (nSPS) is 21.4. The minimum absolute atomic E-state index is 0.231. The fourth-order valence-electron chi connectivity index (χ4n) is 1.84. The number of benzene rings is 1. The lowest BCUT2D eigenvalue weighted by Gasteiger charge is -2.11. The van der Waals surface area contributed by atoms with Gasteiger partial charge in [-0.05, 0) is 36.1 Å². The van der Waals surface area contributed by atoms with Gasteiger partial charge in [0, 0.05) is 17.1 Å². The van der Waals surface area contributed by atoms with Gasteiger partial charge in [0.2, 0.25) is 0 Å². The number of fused-ring (bicyclic) bond motifs is 1. The molecular formula is C11H14BrNO. The maximum absolute atomic E-state index is 9.08. The molecule has 2 rings (SSSR count). The van der Waals surface area contributed by atoms with E-state index >= 15 is 0 Å². The summed E-state index contributed by atoms with van der Waals surface area (Å²) in [6.45, 7) is 1.09. The van der Waals surface area contributed by atoms with Crippen molar-refractivity contribution in [2.24, 2.45) is 0 Å². The summed E-state index contributed by atoms with van der Waals surface area (Å²) in [6, 6.07) is 6.65. The van der Waals surface area contributed by atoms with Crippen molar-refractivity contribution < 1.29 is 5.11 Å². The molecule has 0 amide bonds. The van der Waals surface area contributed by atoms with Crippen LogP contribution in [0.2, 0.25) is 0 Å². The average Bonchev–Trinajstić information content (AvgIpc) is 2.39. The molecule has 0 aromatic heterocycles. The predicted octanol–water partition coefficient (Wildman–Crippen LogP) is 1.85. The molecule has 1 aromatic rings. The van der Waals surface area contributed by atoms with Gasteiger partial charge in [-0.2, -0.15) is 0 Å². The Hall–Kier alpha value is -0.380. The number of rotatable bonds is 1. The first kappa shape index (κ1) is 10.1. The number of aliphatic hydroxyl groups is 1. The van der Waals surface area contributed by atoms with E-state index in [2.05, 4.69) is 39.4 Å². The van der Waals surface area contributed by atoms with Crippen LogP contribution in [0.25, 0.3) is 0 Å². The van der Waals surface area contributed by atoms with Gasteiger partial charge in [0.1, 0.15) is 0 Å². The Bertz CT molecular complexity index is 327. The molecule has 2 nitrogen and oxygen atoms in total. The topological polar surface area (TPSA) is 32.3 Å². The van der Waals surface area contributed by atoms with Gasteiger partial charge in [0.05, 0.1) is 6.61 Å². The Labute approximate surface area is 92.5 Å². The largest absolute Gasteiger partial charge is 0.395 e. The third-order valence-corrected chi connectivity index (χ3v) is 3.23. The fraction of sp³-hybridized carbons (Fsp3) is 0.455. The molecule has 76 valence electrons. The summed E-state index contributed by atoms with van der Waals surface area (Å²) in [6.07, 6.45) is 2.08. The Kier molecular flexibility index (Phi) is 3.21. The van der Waals surface area contributed by atoms with Crippen LogP contribution in [-0.2, 0) is 13.0 Å².